The highest BCUT2D eigenvalue weighted by Crippen LogP contribution is 2.26. The summed E-state index contributed by atoms with van der Waals surface area (Å²) in [5.41, 5.74) is 3.55. The Balaban J connectivity index is 1.20. The molecule has 1 aromatic heterocycles. The second kappa shape index (κ2) is 12.1. The summed E-state index contributed by atoms with van der Waals surface area (Å²) in [7, 11) is 2.09. The highest BCUT2D eigenvalue weighted by atomic mass is 32.2. The predicted octanol–water partition coefficient (Wildman–Crippen LogP) is 4.18. The monoisotopic (exact) mass is 534 g/mol. The van der Waals surface area contributed by atoms with E-state index in [0.29, 0.717) is 5.69 Å². The van der Waals surface area contributed by atoms with Gasteiger partial charge in [0.15, 0.2) is 5.16 Å². The maximum absolute atomic E-state index is 14.2. The summed E-state index contributed by atoms with van der Waals surface area (Å²) in [5, 5.41) is 0.758. The van der Waals surface area contributed by atoms with Crippen molar-refractivity contribution in [2.75, 3.05) is 69.2 Å². The Morgan fingerprint density at radius 1 is 0.895 bits per heavy atom. The van der Waals surface area contributed by atoms with Crippen molar-refractivity contribution >= 4 is 29.2 Å². The van der Waals surface area contributed by atoms with E-state index in [1.54, 1.807) is 17.8 Å². The number of halogens is 1. The van der Waals surface area contributed by atoms with E-state index >= 15 is 0 Å². The number of anilines is 2. The van der Waals surface area contributed by atoms with E-state index in [1.807, 2.05) is 41.3 Å². The third-order valence-corrected chi connectivity index (χ3v) is 8.18. The molecule has 38 heavy (non-hydrogen) atoms. The summed E-state index contributed by atoms with van der Waals surface area (Å²) < 4.78 is 14.2. The molecular formula is C29H35FN6OS. The van der Waals surface area contributed by atoms with Crippen molar-refractivity contribution in [3.63, 3.8) is 0 Å². The van der Waals surface area contributed by atoms with Crippen LogP contribution in [0.25, 0.3) is 0 Å². The molecule has 0 unspecified atom stereocenters. The lowest BCUT2D eigenvalue weighted by molar-refractivity contribution is 0.0664. The maximum atomic E-state index is 14.2. The van der Waals surface area contributed by atoms with E-state index in [0.717, 1.165) is 92.3 Å². The van der Waals surface area contributed by atoms with Crippen molar-refractivity contribution in [1.82, 2.24) is 19.8 Å². The molecule has 2 aliphatic rings. The minimum absolute atomic E-state index is 0.107. The number of nitrogens with zero attached hydrogens (tertiary/aromatic N) is 6. The first-order valence-electron chi connectivity index (χ1n) is 13.3. The van der Waals surface area contributed by atoms with Gasteiger partial charge >= 0.3 is 0 Å². The van der Waals surface area contributed by atoms with Gasteiger partial charge in [-0.05, 0) is 43.3 Å². The molecule has 1 amide bonds. The quantitative estimate of drug-likeness (QED) is 0.333. The molecule has 5 rings (SSSR count). The van der Waals surface area contributed by atoms with Crippen molar-refractivity contribution in [3.8, 4) is 0 Å². The van der Waals surface area contributed by atoms with Crippen LogP contribution >= 0.6 is 11.8 Å². The second-order valence-electron chi connectivity index (χ2n) is 9.86. The molecule has 0 aliphatic carbocycles. The molecular weight excluding hydrogens is 499 g/mol. The Kier molecular flexibility index (Phi) is 8.44. The molecule has 9 heteroatoms. The van der Waals surface area contributed by atoms with Crippen molar-refractivity contribution in [2.24, 2.45) is 0 Å². The lowest BCUT2D eigenvalue weighted by Crippen LogP contribution is -2.47. The van der Waals surface area contributed by atoms with E-state index in [1.165, 1.54) is 6.07 Å². The molecule has 2 saturated heterocycles. The Hall–Kier alpha value is -3.17. The molecule has 7 nitrogen and oxygen atoms in total. The number of carbonyl (C=O) groups is 1. The number of para-hydroxylation sites is 1. The number of thioether (sulfide) groups is 1. The fourth-order valence-electron chi connectivity index (χ4n) is 4.84. The minimum Gasteiger partial charge on any atom is -0.366 e. The van der Waals surface area contributed by atoms with Crippen molar-refractivity contribution in [1.29, 1.82) is 0 Å². The van der Waals surface area contributed by atoms with Gasteiger partial charge in [-0.25, -0.2) is 14.4 Å². The number of carbonyl (C=O) groups excluding carboxylic acids is 1. The van der Waals surface area contributed by atoms with Gasteiger partial charge in [-0.1, -0.05) is 43.0 Å². The van der Waals surface area contributed by atoms with Gasteiger partial charge in [-0.3, -0.25) is 4.79 Å². The first-order valence-corrected chi connectivity index (χ1v) is 14.3. The minimum atomic E-state index is -0.174. The molecule has 2 fully saturated rings. The van der Waals surface area contributed by atoms with Crippen LogP contribution in [-0.4, -0.2) is 85.1 Å². The summed E-state index contributed by atoms with van der Waals surface area (Å²) in [6.07, 6.45) is 0.835. The topological polar surface area (TPSA) is 55.8 Å². The van der Waals surface area contributed by atoms with Crippen LogP contribution in [-0.2, 0) is 12.2 Å². The summed E-state index contributed by atoms with van der Waals surface area (Å²) in [5.74, 6) is 1.60. The molecule has 0 spiro atoms. The van der Waals surface area contributed by atoms with Crippen LogP contribution in [0.3, 0.4) is 0 Å². The Morgan fingerprint density at radius 3 is 2.26 bits per heavy atom. The molecule has 2 aliphatic heterocycles. The molecule has 0 saturated carbocycles. The van der Waals surface area contributed by atoms with E-state index in [9.17, 15) is 9.18 Å². The SMILES string of the molecule is CCc1cc(N2CCN(c3ccccc3F)CC2)nc(SCc2ccc(C(=O)N3CCN(C)CC3)cc2)n1. The lowest BCUT2D eigenvalue weighted by atomic mass is 10.1. The highest BCUT2D eigenvalue weighted by molar-refractivity contribution is 7.98. The molecule has 3 aromatic rings. The number of hydrogen-bond acceptors (Lipinski definition) is 7. The third kappa shape index (κ3) is 6.27. The number of likely N-dealkylation sites (N-methyl/N-ethyl adjacent to an activating group) is 1. The second-order valence-corrected chi connectivity index (χ2v) is 10.8. The van der Waals surface area contributed by atoms with E-state index in [-0.39, 0.29) is 11.7 Å². The van der Waals surface area contributed by atoms with Crippen LogP contribution in [0.15, 0.2) is 59.8 Å². The molecule has 200 valence electrons. The summed E-state index contributed by atoms with van der Waals surface area (Å²) >= 11 is 1.61. The van der Waals surface area contributed by atoms with Crippen molar-refractivity contribution < 1.29 is 9.18 Å². The van der Waals surface area contributed by atoms with Crippen LogP contribution in [0.2, 0.25) is 0 Å². The number of aromatic nitrogens is 2. The van der Waals surface area contributed by atoms with Crippen LogP contribution < -0.4 is 9.80 Å². The van der Waals surface area contributed by atoms with Gasteiger partial charge in [0.05, 0.1) is 5.69 Å². The standard InChI is InChI=1S/C29H35FN6OS/c1-3-24-20-27(35-18-16-34(17-19-35)26-7-5-4-6-25(26)30)32-29(31-24)38-21-22-8-10-23(11-9-22)28(37)36-14-12-33(2)13-15-36/h4-11,20H,3,12-19,21H2,1-2H3. The largest absolute Gasteiger partial charge is 0.366 e. The summed E-state index contributed by atoms with van der Waals surface area (Å²) in [6.45, 7) is 8.54. The number of amides is 1. The fourth-order valence-corrected chi connectivity index (χ4v) is 5.66. The Morgan fingerprint density at radius 2 is 1.58 bits per heavy atom. The predicted molar refractivity (Wildman–Crippen MR) is 152 cm³/mol. The van der Waals surface area contributed by atoms with Gasteiger partial charge in [0.2, 0.25) is 0 Å². The first kappa shape index (κ1) is 26.4. The average molecular weight is 535 g/mol. The van der Waals surface area contributed by atoms with Crippen LogP contribution in [0.1, 0.15) is 28.5 Å². The number of hydrogen-bond donors (Lipinski definition) is 0. The number of benzene rings is 2. The highest BCUT2D eigenvalue weighted by Gasteiger charge is 2.22. The molecule has 0 radical (unpaired) electrons. The Bertz CT molecular complexity index is 1240. The van der Waals surface area contributed by atoms with Gasteiger partial charge in [0.25, 0.3) is 5.91 Å². The zero-order valence-electron chi connectivity index (χ0n) is 22.1. The van der Waals surface area contributed by atoms with Crippen molar-refractivity contribution in [3.05, 3.63) is 77.2 Å². The number of aryl methyl sites for hydroxylation is 1. The molecule has 0 bridgehead atoms. The summed E-state index contributed by atoms with van der Waals surface area (Å²) in [4.78, 5) is 31.0. The normalized spacial score (nSPS) is 16.7. The average Bonchev–Trinajstić information content (AvgIpc) is 2.96. The van der Waals surface area contributed by atoms with Gasteiger partial charge in [-0.15, -0.1) is 0 Å². The maximum Gasteiger partial charge on any atom is 0.253 e. The van der Waals surface area contributed by atoms with Crippen molar-refractivity contribution in [2.45, 2.75) is 24.3 Å². The molecule has 0 atom stereocenters. The van der Waals surface area contributed by atoms with Crippen LogP contribution in [0, 0.1) is 5.82 Å². The van der Waals surface area contributed by atoms with Gasteiger partial charge < -0.3 is 19.6 Å². The van der Waals surface area contributed by atoms with E-state index in [4.69, 9.17) is 9.97 Å². The zero-order valence-corrected chi connectivity index (χ0v) is 23.0. The molecule has 3 heterocycles. The van der Waals surface area contributed by atoms with Crippen LogP contribution in [0.5, 0.6) is 0 Å². The smallest absolute Gasteiger partial charge is 0.253 e. The Labute approximate surface area is 228 Å². The summed E-state index contributed by atoms with van der Waals surface area (Å²) in [6, 6.07) is 17.0. The van der Waals surface area contributed by atoms with E-state index in [2.05, 4.69) is 34.7 Å². The molecule has 0 N–H and O–H groups in total. The van der Waals surface area contributed by atoms with E-state index < -0.39 is 0 Å². The van der Waals surface area contributed by atoms with Gasteiger partial charge in [-0.2, -0.15) is 0 Å². The van der Waals surface area contributed by atoms with Crippen LogP contribution in [0.4, 0.5) is 15.9 Å². The fraction of sp³-hybridized carbons (Fsp3) is 0.414. The zero-order chi connectivity index (χ0) is 26.5. The molecule has 2 aromatic carbocycles. The first-order chi connectivity index (χ1) is 18.5. The van der Waals surface area contributed by atoms with Gasteiger partial charge in [0, 0.05) is 75.4 Å². The third-order valence-electron chi connectivity index (χ3n) is 7.26. The number of rotatable bonds is 7. The number of piperazine rings is 2. The van der Waals surface area contributed by atoms with Gasteiger partial charge in [0.1, 0.15) is 11.6 Å². The lowest BCUT2D eigenvalue weighted by Gasteiger charge is -2.37.